The maximum absolute atomic E-state index is 2.35. The molecule has 0 spiro atoms. The number of rotatable bonds is 4. The van der Waals surface area contributed by atoms with E-state index in [4.69, 9.17) is 0 Å². The molecule has 0 saturated carbocycles. The van der Waals surface area contributed by atoms with E-state index in [1.807, 2.05) is 0 Å². The number of hydrogen-bond donors (Lipinski definition) is 0. The average Bonchev–Trinajstić information content (AvgIpc) is 2.75. The monoisotopic (exact) mass is 376 g/mol. The molecule has 0 heterocycles. The van der Waals surface area contributed by atoms with Gasteiger partial charge in [0.2, 0.25) is 0 Å². The maximum atomic E-state index is 2.35. The van der Waals surface area contributed by atoms with Crippen LogP contribution in [-0.2, 0) is 0 Å². The summed E-state index contributed by atoms with van der Waals surface area (Å²) in [7, 11) is 0. The van der Waals surface area contributed by atoms with Crippen molar-refractivity contribution >= 4 is 0 Å². The fraction of sp³-hybridized carbons (Fsp3) is 0.172. The Hall–Kier alpha value is -3.12. The van der Waals surface area contributed by atoms with Crippen LogP contribution in [0.4, 0.5) is 0 Å². The lowest BCUT2D eigenvalue weighted by Gasteiger charge is -2.23. The smallest absolute Gasteiger partial charge is 0.00693 e. The third kappa shape index (κ3) is 3.63. The van der Waals surface area contributed by atoms with Crippen LogP contribution in [-0.4, -0.2) is 0 Å². The molecule has 4 aromatic rings. The zero-order valence-corrected chi connectivity index (χ0v) is 17.7. The first-order valence-electron chi connectivity index (χ1n) is 10.4. The Morgan fingerprint density at radius 3 is 1.66 bits per heavy atom. The predicted molar refractivity (Wildman–Crippen MR) is 125 cm³/mol. The third-order valence-electron chi connectivity index (χ3n) is 6.18. The lowest BCUT2D eigenvalue weighted by atomic mass is 9.81. The Labute approximate surface area is 174 Å². The number of benzene rings is 4. The molecule has 0 fully saturated rings. The maximum Gasteiger partial charge on any atom is 0.00693 e. The highest BCUT2D eigenvalue weighted by Crippen LogP contribution is 2.38. The lowest BCUT2D eigenvalue weighted by Crippen LogP contribution is -2.05. The third-order valence-corrected chi connectivity index (χ3v) is 6.18. The molecule has 4 rings (SSSR count). The Morgan fingerprint density at radius 2 is 1.07 bits per heavy atom. The van der Waals surface area contributed by atoms with Crippen molar-refractivity contribution in [2.75, 3.05) is 0 Å². The number of hydrogen-bond acceptors (Lipinski definition) is 0. The van der Waals surface area contributed by atoms with Gasteiger partial charge in [-0.1, -0.05) is 97.9 Å². The van der Waals surface area contributed by atoms with Crippen molar-refractivity contribution < 1.29 is 0 Å². The van der Waals surface area contributed by atoms with E-state index in [1.54, 1.807) is 0 Å². The topological polar surface area (TPSA) is 0 Å². The minimum Gasteiger partial charge on any atom is -0.0622 e. The molecular weight excluding hydrogens is 348 g/mol. The second kappa shape index (κ2) is 8.09. The van der Waals surface area contributed by atoms with Gasteiger partial charge in [-0.05, 0) is 70.8 Å². The van der Waals surface area contributed by atoms with Crippen LogP contribution in [0.3, 0.4) is 0 Å². The average molecular weight is 377 g/mol. The Balaban J connectivity index is 1.83. The molecule has 0 radical (unpaired) electrons. The Morgan fingerprint density at radius 1 is 0.517 bits per heavy atom. The van der Waals surface area contributed by atoms with Gasteiger partial charge in [0.25, 0.3) is 0 Å². The summed E-state index contributed by atoms with van der Waals surface area (Å²) in [5, 5.41) is 0. The van der Waals surface area contributed by atoms with Crippen molar-refractivity contribution in [3.05, 3.63) is 119 Å². The molecule has 1 atom stereocenters. The highest BCUT2D eigenvalue weighted by molar-refractivity contribution is 5.72. The minimum atomic E-state index is 0.335. The van der Waals surface area contributed by atoms with Crippen molar-refractivity contribution in [3.63, 3.8) is 0 Å². The van der Waals surface area contributed by atoms with Gasteiger partial charge in [0.1, 0.15) is 0 Å². The second-order valence-electron chi connectivity index (χ2n) is 7.94. The van der Waals surface area contributed by atoms with Crippen molar-refractivity contribution in [2.45, 2.75) is 33.6 Å². The summed E-state index contributed by atoms with van der Waals surface area (Å²) in [6.45, 7) is 9.13. The van der Waals surface area contributed by atoms with E-state index in [-0.39, 0.29) is 0 Å². The molecule has 1 unspecified atom stereocenters. The van der Waals surface area contributed by atoms with Crippen LogP contribution in [0.25, 0.3) is 22.3 Å². The van der Waals surface area contributed by atoms with E-state index in [9.17, 15) is 0 Å². The number of aryl methyl sites for hydroxylation is 1. The standard InChI is InChI=1S/C29H28/c1-20-18-19-28(25-14-9-6-10-15-25)23(4)29(20)22(3)26-16-11-17-27(21(26)2)24-12-7-5-8-13-24/h5-19,22H,1-4H3. The van der Waals surface area contributed by atoms with Gasteiger partial charge in [0, 0.05) is 5.92 Å². The molecule has 0 amide bonds. The molecule has 0 aromatic heterocycles. The normalized spacial score (nSPS) is 12.0. The van der Waals surface area contributed by atoms with E-state index >= 15 is 0 Å². The summed E-state index contributed by atoms with van der Waals surface area (Å²) in [5.41, 5.74) is 12.2. The summed E-state index contributed by atoms with van der Waals surface area (Å²) in [6, 6.07) is 32.7. The van der Waals surface area contributed by atoms with Crippen LogP contribution in [0.2, 0.25) is 0 Å². The molecule has 0 nitrogen and oxygen atoms in total. The van der Waals surface area contributed by atoms with E-state index in [1.165, 1.54) is 50.1 Å². The molecule has 0 aliphatic carbocycles. The Bertz CT molecular complexity index is 1120. The highest BCUT2D eigenvalue weighted by Gasteiger charge is 2.19. The molecule has 0 heteroatoms. The SMILES string of the molecule is Cc1ccc(-c2ccccc2)c(C)c1C(C)c1cccc(-c2ccccc2)c1C. The summed E-state index contributed by atoms with van der Waals surface area (Å²) in [4.78, 5) is 0. The zero-order chi connectivity index (χ0) is 20.4. The van der Waals surface area contributed by atoms with Crippen LogP contribution < -0.4 is 0 Å². The summed E-state index contributed by atoms with van der Waals surface area (Å²) in [5.74, 6) is 0.335. The summed E-state index contributed by atoms with van der Waals surface area (Å²) in [6.07, 6.45) is 0. The van der Waals surface area contributed by atoms with Gasteiger partial charge in [-0.25, -0.2) is 0 Å². The molecule has 144 valence electrons. The first-order valence-corrected chi connectivity index (χ1v) is 10.4. The quantitative estimate of drug-likeness (QED) is 0.337. The van der Waals surface area contributed by atoms with E-state index in [0.717, 1.165) is 0 Å². The van der Waals surface area contributed by atoms with Crippen LogP contribution in [0.5, 0.6) is 0 Å². The van der Waals surface area contributed by atoms with Gasteiger partial charge < -0.3 is 0 Å². The predicted octanol–water partition coefficient (Wildman–Crippen LogP) is 8.10. The fourth-order valence-electron chi connectivity index (χ4n) is 4.67. The van der Waals surface area contributed by atoms with E-state index in [2.05, 4.69) is 119 Å². The summed E-state index contributed by atoms with van der Waals surface area (Å²) < 4.78 is 0. The van der Waals surface area contributed by atoms with Crippen molar-refractivity contribution in [2.24, 2.45) is 0 Å². The molecule has 29 heavy (non-hydrogen) atoms. The first kappa shape index (κ1) is 19.2. The minimum absolute atomic E-state index is 0.335. The van der Waals surface area contributed by atoms with Gasteiger partial charge in [-0.15, -0.1) is 0 Å². The van der Waals surface area contributed by atoms with Crippen LogP contribution in [0.15, 0.2) is 91.0 Å². The van der Waals surface area contributed by atoms with Gasteiger partial charge >= 0.3 is 0 Å². The van der Waals surface area contributed by atoms with Crippen molar-refractivity contribution in [1.29, 1.82) is 0 Å². The summed E-state index contributed by atoms with van der Waals surface area (Å²) >= 11 is 0. The lowest BCUT2D eigenvalue weighted by molar-refractivity contribution is 0.889. The van der Waals surface area contributed by atoms with Gasteiger partial charge in [0.05, 0.1) is 0 Å². The van der Waals surface area contributed by atoms with E-state index in [0.29, 0.717) is 5.92 Å². The highest BCUT2D eigenvalue weighted by atomic mass is 14.2. The van der Waals surface area contributed by atoms with Gasteiger partial charge in [-0.2, -0.15) is 0 Å². The van der Waals surface area contributed by atoms with Gasteiger partial charge in [-0.3, -0.25) is 0 Å². The largest absolute Gasteiger partial charge is 0.0622 e. The van der Waals surface area contributed by atoms with Crippen LogP contribution in [0, 0.1) is 20.8 Å². The first-order chi connectivity index (χ1) is 14.1. The molecule has 0 bridgehead atoms. The fourth-order valence-corrected chi connectivity index (χ4v) is 4.67. The molecule has 4 aromatic carbocycles. The van der Waals surface area contributed by atoms with Gasteiger partial charge in [0.15, 0.2) is 0 Å². The van der Waals surface area contributed by atoms with Crippen LogP contribution in [0.1, 0.15) is 40.7 Å². The molecular formula is C29H28. The molecule has 0 aliphatic heterocycles. The molecule has 0 saturated heterocycles. The van der Waals surface area contributed by atoms with Crippen molar-refractivity contribution in [1.82, 2.24) is 0 Å². The van der Waals surface area contributed by atoms with Crippen LogP contribution >= 0.6 is 0 Å². The van der Waals surface area contributed by atoms with Crippen molar-refractivity contribution in [3.8, 4) is 22.3 Å². The van der Waals surface area contributed by atoms with E-state index < -0.39 is 0 Å². The zero-order valence-electron chi connectivity index (χ0n) is 17.7. The Kier molecular flexibility index (Phi) is 5.36. The molecule has 0 N–H and O–H groups in total. The second-order valence-corrected chi connectivity index (χ2v) is 7.94. The molecule has 0 aliphatic rings.